The van der Waals surface area contributed by atoms with E-state index in [1.807, 2.05) is 13.8 Å². The van der Waals surface area contributed by atoms with Crippen LogP contribution in [0, 0.1) is 0 Å². The lowest BCUT2D eigenvalue weighted by Gasteiger charge is -2.26. The molecule has 0 amide bonds. The van der Waals surface area contributed by atoms with Crippen molar-refractivity contribution in [1.29, 1.82) is 0 Å². The zero-order valence-electron chi connectivity index (χ0n) is 30.1. The van der Waals surface area contributed by atoms with Crippen LogP contribution in [0.4, 0.5) is 0 Å². The standard InChI is InChI=1S/C40H60O6/c1-9-43-35(41)27-45-37-29-19-17-15-13-11-12-14-16-18-20-30-24-34(40(6,7)8)26-32(38(30)46-28-36(42)44-10-2)22-21-31(37)25-33(23-29)39(3,4)5/h23-26H,9-22,27-28H2,1-8H3. The fraction of sp³-hybridized carbons (Fsp3) is 0.650. The van der Waals surface area contributed by atoms with Gasteiger partial charge in [-0.2, -0.15) is 0 Å². The van der Waals surface area contributed by atoms with E-state index < -0.39 is 0 Å². The number of esters is 2. The summed E-state index contributed by atoms with van der Waals surface area (Å²) in [6, 6.07) is 9.09. The van der Waals surface area contributed by atoms with Crippen molar-refractivity contribution in [2.75, 3.05) is 26.4 Å². The van der Waals surface area contributed by atoms with Crippen LogP contribution < -0.4 is 9.47 Å². The van der Waals surface area contributed by atoms with Crippen molar-refractivity contribution in [2.24, 2.45) is 0 Å². The van der Waals surface area contributed by atoms with Crippen molar-refractivity contribution in [3.63, 3.8) is 0 Å². The Morgan fingerprint density at radius 1 is 0.522 bits per heavy atom. The first-order valence-electron chi connectivity index (χ1n) is 17.7. The van der Waals surface area contributed by atoms with Crippen LogP contribution in [0.3, 0.4) is 0 Å². The molecule has 256 valence electrons. The summed E-state index contributed by atoms with van der Waals surface area (Å²) in [7, 11) is 0. The highest BCUT2D eigenvalue weighted by Gasteiger charge is 2.24. The van der Waals surface area contributed by atoms with Gasteiger partial charge in [-0.15, -0.1) is 0 Å². The van der Waals surface area contributed by atoms with Crippen LogP contribution in [0.1, 0.15) is 140 Å². The highest BCUT2D eigenvalue weighted by Crippen LogP contribution is 2.37. The molecule has 0 aliphatic heterocycles. The Hall–Kier alpha value is -3.02. The molecule has 2 aromatic rings. The average Bonchev–Trinajstić information content (AvgIpc) is 2.98. The quantitative estimate of drug-likeness (QED) is 0.269. The summed E-state index contributed by atoms with van der Waals surface area (Å²) in [5, 5.41) is 0. The zero-order chi connectivity index (χ0) is 33.7. The number of hydrogen-bond acceptors (Lipinski definition) is 6. The van der Waals surface area contributed by atoms with E-state index in [1.165, 1.54) is 49.7 Å². The number of aryl methyl sites for hydroxylation is 4. The smallest absolute Gasteiger partial charge is 0.344 e. The molecule has 3 rings (SSSR count). The Morgan fingerprint density at radius 2 is 0.826 bits per heavy atom. The Kier molecular flexibility index (Phi) is 14.5. The van der Waals surface area contributed by atoms with Crippen LogP contribution >= 0.6 is 0 Å². The van der Waals surface area contributed by atoms with E-state index in [0.717, 1.165) is 59.4 Å². The molecule has 0 fully saturated rings. The van der Waals surface area contributed by atoms with Crippen molar-refractivity contribution >= 4 is 11.9 Å². The second-order valence-electron chi connectivity index (χ2n) is 14.8. The van der Waals surface area contributed by atoms with E-state index in [9.17, 15) is 9.59 Å². The molecule has 2 aromatic carbocycles. The molecule has 1 aliphatic rings. The van der Waals surface area contributed by atoms with Crippen LogP contribution in [0.2, 0.25) is 0 Å². The lowest BCUT2D eigenvalue weighted by atomic mass is 9.82. The molecule has 0 N–H and O–H groups in total. The Morgan fingerprint density at radius 3 is 1.13 bits per heavy atom. The van der Waals surface area contributed by atoms with Gasteiger partial charge in [0.1, 0.15) is 11.5 Å². The van der Waals surface area contributed by atoms with Crippen LogP contribution in [0.15, 0.2) is 24.3 Å². The molecule has 46 heavy (non-hydrogen) atoms. The molecule has 0 radical (unpaired) electrons. The molecule has 0 aromatic heterocycles. The van der Waals surface area contributed by atoms with Gasteiger partial charge in [-0.1, -0.05) is 104 Å². The van der Waals surface area contributed by atoms with Gasteiger partial charge in [-0.3, -0.25) is 0 Å². The molecule has 0 heterocycles. The number of benzene rings is 2. The lowest BCUT2D eigenvalue weighted by Crippen LogP contribution is -2.19. The van der Waals surface area contributed by atoms with Gasteiger partial charge in [0.25, 0.3) is 0 Å². The molecule has 4 bridgehead atoms. The average molecular weight is 637 g/mol. The van der Waals surface area contributed by atoms with E-state index in [4.69, 9.17) is 18.9 Å². The Labute approximate surface area is 278 Å². The summed E-state index contributed by atoms with van der Waals surface area (Å²) >= 11 is 0. The van der Waals surface area contributed by atoms with Gasteiger partial charge in [-0.25, -0.2) is 9.59 Å². The first-order chi connectivity index (χ1) is 21.8. The molecular weight excluding hydrogens is 576 g/mol. The van der Waals surface area contributed by atoms with E-state index >= 15 is 0 Å². The van der Waals surface area contributed by atoms with Crippen LogP contribution in [-0.2, 0) is 55.6 Å². The minimum atomic E-state index is -0.356. The molecule has 0 spiro atoms. The molecule has 1 aliphatic carbocycles. The van der Waals surface area contributed by atoms with Gasteiger partial charge in [0.05, 0.1) is 13.2 Å². The number of fused-ring (bicyclic) bond motifs is 4. The fourth-order valence-corrected chi connectivity index (χ4v) is 6.12. The third-order valence-corrected chi connectivity index (χ3v) is 8.80. The number of hydrogen-bond donors (Lipinski definition) is 0. The predicted octanol–water partition coefficient (Wildman–Crippen LogP) is 9.17. The summed E-state index contributed by atoms with van der Waals surface area (Å²) in [4.78, 5) is 24.9. The minimum Gasteiger partial charge on any atom is -0.481 e. The highest BCUT2D eigenvalue weighted by atomic mass is 16.6. The molecule has 0 saturated heterocycles. The number of ether oxygens (including phenoxy) is 4. The Bertz CT molecular complexity index is 1180. The summed E-state index contributed by atoms with van der Waals surface area (Å²) in [5.74, 6) is 0.906. The van der Waals surface area contributed by atoms with Crippen molar-refractivity contribution < 1.29 is 28.5 Å². The van der Waals surface area contributed by atoms with Crippen LogP contribution in [0.25, 0.3) is 0 Å². The highest BCUT2D eigenvalue weighted by molar-refractivity contribution is 5.71. The van der Waals surface area contributed by atoms with E-state index in [-0.39, 0.29) is 36.0 Å². The third kappa shape index (κ3) is 11.7. The SMILES string of the molecule is CCOC(=O)COc1c2cc(C(C)(C)C)cc1CCc1cc(C(C)(C)C)cc(c1OCC(=O)OCC)CCCCCCCCCC2. The summed E-state index contributed by atoms with van der Waals surface area (Å²) in [6.45, 7) is 17.5. The van der Waals surface area contributed by atoms with Crippen molar-refractivity contribution in [3.05, 3.63) is 57.6 Å². The maximum Gasteiger partial charge on any atom is 0.344 e. The largest absolute Gasteiger partial charge is 0.481 e. The van der Waals surface area contributed by atoms with E-state index in [2.05, 4.69) is 65.8 Å². The van der Waals surface area contributed by atoms with Gasteiger partial charge in [0.15, 0.2) is 13.2 Å². The van der Waals surface area contributed by atoms with Crippen molar-refractivity contribution in [3.8, 4) is 11.5 Å². The molecule has 6 heteroatoms. The van der Waals surface area contributed by atoms with Gasteiger partial charge in [0, 0.05) is 0 Å². The lowest BCUT2D eigenvalue weighted by molar-refractivity contribution is -0.146. The first-order valence-corrected chi connectivity index (χ1v) is 17.7. The van der Waals surface area contributed by atoms with E-state index in [1.54, 1.807) is 0 Å². The predicted molar refractivity (Wildman–Crippen MR) is 186 cm³/mol. The second kappa shape index (κ2) is 17.8. The zero-order valence-corrected chi connectivity index (χ0v) is 30.1. The number of carbonyl (C=O) groups is 2. The molecule has 6 nitrogen and oxygen atoms in total. The second-order valence-corrected chi connectivity index (χ2v) is 14.8. The Balaban J connectivity index is 2.15. The fourth-order valence-electron chi connectivity index (χ4n) is 6.12. The van der Waals surface area contributed by atoms with E-state index in [0.29, 0.717) is 26.1 Å². The topological polar surface area (TPSA) is 71.1 Å². The van der Waals surface area contributed by atoms with Gasteiger partial charge in [0.2, 0.25) is 0 Å². The number of rotatable bonds is 8. The molecular formula is C40H60O6. The molecule has 0 atom stereocenters. The van der Waals surface area contributed by atoms with Gasteiger partial charge in [-0.05, 0) is 96.6 Å². The third-order valence-electron chi connectivity index (χ3n) is 8.80. The minimum absolute atomic E-state index is 0.0482. The monoisotopic (exact) mass is 636 g/mol. The molecule has 0 saturated carbocycles. The summed E-state index contributed by atoms with van der Waals surface area (Å²) in [5.41, 5.74) is 6.93. The molecule has 0 unspecified atom stereocenters. The summed E-state index contributed by atoms with van der Waals surface area (Å²) in [6.07, 6.45) is 12.7. The maximum atomic E-state index is 12.4. The van der Waals surface area contributed by atoms with Crippen molar-refractivity contribution in [2.45, 2.75) is 143 Å². The summed E-state index contributed by atoms with van der Waals surface area (Å²) < 4.78 is 23.1. The van der Waals surface area contributed by atoms with Crippen LogP contribution in [-0.4, -0.2) is 38.4 Å². The van der Waals surface area contributed by atoms with Crippen LogP contribution in [0.5, 0.6) is 11.5 Å². The van der Waals surface area contributed by atoms with Gasteiger partial charge < -0.3 is 18.9 Å². The van der Waals surface area contributed by atoms with Gasteiger partial charge >= 0.3 is 11.9 Å². The normalized spacial score (nSPS) is 15.3. The maximum absolute atomic E-state index is 12.4. The van der Waals surface area contributed by atoms with Crippen molar-refractivity contribution in [1.82, 2.24) is 0 Å². The number of carbonyl (C=O) groups excluding carboxylic acids is 2. The first kappa shape index (κ1) is 37.4.